The first-order valence-electron chi connectivity index (χ1n) is 6.92. The molecule has 7 heteroatoms. The number of sulfonamides is 1. The highest BCUT2D eigenvalue weighted by atomic mass is 32.2. The Balaban J connectivity index is 1.91. The Morgan fingerprint density at radius 2 is 1.57 bits per heavy atom. The van der Waals surface area contributed by atoms with E-state index in [-0.39, 0.29) is 17.9 Å². The first-order chi connectivity index (χ1) is 10.9. The predicted molar refractivity (Wildman–Crippen MR) is 83.1 cm³/mol. The Bertz CT molecular complexity index is 771. The van der Waals surface area contributed by atoms with Crippen LogP contribution < -0.4 is 4.72 Å². The second kappa shape index (κ2) is 7.34. The van der Waals surface area contributed by atoms with Crippen molar-refractivity contribution in [3.63, 3.8) is 0 Å². The van der Waals surface area contributed by atoms with E-state index in [1.165, 1.54) is 12.1 Å². The Labute approximate surface area is 133 Å². The Hall–Kier alpha value is -2.25. The zero-order valence-corrected chi connectivity index (χ0v) is 13.0. The van der Waals surface area contributed by atoms with Gasteiger partial charge in [0.05, 0.1) is 11.3 Å². The summed E-state index contributed by atoms with van der Waals surface area (Å²) >= 11 is 0. The minimum atomic E-state index is -3.67. The van der Waals surface area contributed by atoms with Gasteiger partial charge >= 0.3 is 5.97 Å². The molecule has 2 aromatic carbocycles. The molecule has 0 aliphatic rings. The van der Waals surface area contributed by atoms with Crippen molar-refractivity contribution < 1.29 is 22.7 Å². The summed E-state index contributed by atoms with van der Waals surface area (Å²) in [7, 11) is -3.67. The lowest BCUT2D eigenvalue weighted by molar-refractivity contribution is -0.136. The fraction of sp³-hybridized carbons (Fsp3) is 0.188. The molecule has 0 radical (unpaired) electrons. The van der Waals surface area contributed by atoms with Crippen LogP contribution in [0.3, 0.4) is 0 Å². The third-order valence-corrected chi connectivity index (χ3v) is 4.68. The van der Waals surface area contributed by atoms with E-state index in [1.807, 2.05) is 0 Å². The maximum atomic E-state index is 12.8. The number of nitrogens with one attached hydrogen (secondary N) is 1. The Morgan fingerprint density at radius 1 is 1.00 bits per heavy atom. The van der Waals surface area contributed by atoms with Crippen molar-refractivity contribution in [3.8, 4) is 0 Å². The van der Waals surface area contributed by atoms with Crippen LogP contribution in [-0.2, 0) is 27.7 Å². The van der Waals surface area contributed by atoms with E-state index in [2.05, 4.69) is 4.72 Å². The third kappa shape index (κ3) is 5.15. The van der Waals surface area contributed by atoms with E-state index in [9.17, 15) is 17.6 Å². The molecule has 0 bridgehead atoms. The van der Waals surface area contributed by atoms with Crippen LogP contribution in [0.15, 0.2) is 53.4 Å². The third-order valence-electron chi connectivity index (χ3n) is 3.21. The number of hydrogen-bond donors (Lipinski definition) is 2. The largest absolute Gasteiger partial charge is 0.481 e. The molecule has 0 aromatic heterocycles. The summed E-state index contributed by atoms with van der Waals surface area (Å²) < 4.78 is 39.3. The molecular formula is C16H16FNO4S. The molecule has 0 unspecified atom stereocenters. The number of carboxylic acids is 1. The number of carboxylic acid groups (broad SMARTS) is 1. The molecule has 2 aromatic rings. The average molecular weight is 337 g/mol. The van der Waals surface area contributed by atoms with Gasteiger partial charge in [-0.3, -0.25) is 4.79 Å². The lowest BCUT2D eigenvalue weighted by atomic mass is 10.1. The second-order valence-electron chi connectivity index (χ2n) is 4.99. The number of aliphatic carboxylic acids is 1. The molecule has 0 fully saturated rings. The Morgan fingerprint density at radius 3 is 2.13 bits per heavy atom. The van der Waals surface area contributed by atoms with Crippen molar-refractivity contribution in [3.05, 3.63) is 65.5 Å². The van der Waals surface area contributed by atoms with Gasteiger partial charge in [0.15, 0.2) is 0 Å². The molecule has 2 N–H and O–H groups in total. The molecule has 23 heavy (non-hydrogen) atoms. The van der Waals surface area contributed by atoms with Crippen LogP contribution in [0.25, 0.3) is 0 Å². The van der Waals surface area contributed by atoms with Crippen LogP contribution in [0.4, 0.5) is 4.39 Å². The van der Waals surface area contributed by atoms with E-state index < -0.39 is 21.8 Å². The summed E-state index contributed by atoms with van der Waals surface area (Å²) in [5, 5.41) is 8.69. The number of halogens is 1. The molecule has 0 saturated carbocycles. The average Bonchev–Trinajstić information content (AvgIpc) is 2.49. The minimum absolute atomic E-state index is 0.00991. The minimum Gasteiger partial charge on any atom is -0.481 e. The van der Waals surface area contributed by atoms with Crippen LogP contribution in [0.1, 0.15) is 11.1 Å². The molecular weight excluding hydrogens is 321 g/mol. The van der Waals surface area contributed by atoms with E-state index in [0.29, 0.717) is 12.0 Å². The van der Waals surface area contributed by atoms with Crippen molar-refractivity contribution in [1.82, 2.24) is 4.72 Å². The predicted octanol–water partition coefficient (Wildman–Crippen LogP) is 1.97. The summed E-state index contributed by atoms with van der Waals surface area (Å²) in [4.78, 5) is 10.6. The summed E-state index contributed by atoms with van der Waals surface area (Å²) in [5.41, 5.74) is 1.58. The molecule has 122 valence electrons. The summed E-state index contributed by atoms with van der Waals surface area (Å²) in [6, 6.07) is 11.5. The summed E-state index contributed by atoms with van der Waals surface area (Å²) in [5.74, 6) is -1.39. The number of carbonyl (C=O) groups is 1. The van der Waals surface area contributed by atoms with Gasteiger partial charge in [-0.25, -0.2) is 17.5 Å². The maximum absolute atomic E-state index is 12.8. The zero-order chi connectivity index (χ0) is 16.9. The monoisotopic (exact) mass is 337 g/mol. The van der Waals surface area contributed by atoms with Gasteiger partial charge in [0.1, 0.15) is 5.82 Å². The lowest BCUT2D eigenvalue weighted by Crippen LogP contribution is -2.26. The first-order valence-corrected chi connectivity index (χ1v) is 8.40. The lowest BCUT2D eigenvalue weighted by Gasteiger charge is -2.07. The molecule has 0 amide bonds. The van der Waals surface area contributed by atoms with E-state index in [0.717, 1.165) is 17.7 Å². The standard InChI is InChI=1S/C16H16FNO4S/c17-14-5-7-15(8-6-14)23(21,22)18-10-9-12-1-3-13(4-2-12)11-16(19)20/h1-8,18H,9-11H2,(H,19,20). The fourth-order valence-electron chi connectivity index (χ4n) is 2.03. The molecule has 2 rings (SSSR count). The van der Waals surface area contributed by atoms with Crippen molar-refractivity contribution in [2.45, 2.75) is 17.7 Å². The van der Waals surface area contributed by atoms with Crippen LogP contribution in [0.2, 0.25) is 0 Å². The van der Waals surface area contributed by atoms with Crippen LogP contribution in [0.5, 0.6) is 0 Å². The molecule has 0 spiro atoms. The molecule has 0 heterocycles. The van der Waals surface area contributed by atoms with Crippen LogP contribution in [0, 0.1) is 5.82 Å². The van der Waals surface area contributed by atoms with Gasteiger partial charge in [-0.05, 0) is 41.8 Å². The van der Waals surface area contributed by atoms with Crippen molar-refractivity contribution in [2.24, 2.45) is 0 Å². The molecule has 0 aliphatic carbocycles. The van der Waals surface area contributed by atoms with Crippen LogP contribution >= 0.6 is 0 Å². The highest BCUT2D eigenvalue weighted by Crippen LogP contribution is 2.10. The normalized spacial score (nSPS) is 11.3. The second-order valence-corrected chi connectivity index (χ2v) is 6.76. The van der Waals surface area contributed by atoms with E-state index in [1.54, 1.807) is 24.3 Å². The van der Waals surface area contributed by atoms with Gasteiger partial charge in [-0.15, -0.1) is 0 Å². The van der Waals surface area contributed by atoms with Crippen molar-refractivity contribution in [2.75, 3.05) is 6.54 Å². The Kier molecular flexibility index (Phi) is 5.46. The number of hydrogen-bond acceptors (Lipinski definition) is 3. The molecule has 0 atom stereocenters. The SMILES string of the molecule is O=C(O)Cc1ccc(CCNS(=O)(=O)c2ccc(F)cc2)cc1. The zero-order valence-electron chi connectivity index (χ0n) is 12.2. The van der Waals surface area contributed by atoms with Gasteiger partial charge < -0.3 is 5.11 Å². The van der Waals surface area contributed by atoms with Gasteiger partial charge in [-0.1, -0.05) is 24.3 Å². The molecule has 0 saturated heterocycles. The van der Waals surface area contributed by atoms with Gasteiger partial charge in [0.2, 0.25) is 10.0 Å². The van der Waals surface area contributed by atoms with Crippen molar-refractivity contribution >= 4 is 16.0 Å². The highest BCUT2D eigenvalue weighted by molar-refractivity contribution is 7.89. The highest BCUT2D eigenvalue weighted by Gasteiger charge is 2.13. The summed E-state index contributed by atoms with van der Waals surface area (Å²) in [6.07, 6.45) is 0.422. The molecule has 5 nitrogen and oxygen atoms in total. The topological polar surface area (TPSA) is 83.5 Å². The number of benzene rings is 2. The van der Waals surface area contributed by atoms with E-state index >= 15 is 0 Å². The fourth-order valence-corrected chi connectivity index (χ4v) is 3.06. The van der Waals surface area contributed by atoms with Gasteiger partial charge in [-0.2, -0.15) is 0 Å². The van der Waals surface area contributed by atoms with Gasteiger partial charge in [0.25, 0.3) is 0 Å². The number of rotatable bonds is 7. The summed E-state index contributed by atoms with van der Waals surface area (Å²) in [6.45, 7) is 0.192. The van der Waals surface area contributed by atoms with Gasteiger partial charge in [0, 0.05) is 6.54 Å². The quantitative estimate of drug-likeness (QED) is 0.809. The first kappa shape index (κ1) is 17.1. The smallest absolute Gasteiger partial charge is 0.307 e. The maximum Gasteiger partial charge on any atom is 0.307 e. The van der Waals surface area contributed by atoms with Crippen LogP contribution in [-0.4, -0.2) is 26.0 Å². The molecule has 0 aliphatic heterocycles. The van der Waals surface area contributed by atoms with E-state index in [4.69, 9.17) is 5.11 Å². The van der Waals surface area contributed by atoms with Crippen molar-refractivity contribution in [1.29, 1.82) is 0 Å².